The van der Waals surface area contributed by atoms with Crippen molar-refractivity contribution in [2.75, 3.05) is 18.0 Å². The second-order valence-corrected chi connectivity index (χ2v) is 4.21. The van der Waals surface area contributed by atoms with Crippen LogP contribution in [0.4, 0.5) is 5.69 Å². The van der Waals surface area contributed by atoms with Crippen molar-refractivity contribution < 1.29 is 9.90 Å². The number of carbonyl (C=O) groups is 1. The summed E-state index contributed by atoms with van der Waals surface area (Å²) in [5.41, 5.74) is 2.34. The maximum Gasteiger partial charge on any atom is 0.323 e. The van der Waals surface area contributed by atoms with Gasteiger partial charge in [0.25, 0.3) is 0 Å². The Morgan fingerprint density at radius 3 is 3.00 bits per heavy atom. The van der Waals surface area contributed by atoms with Crippen LogP contribution in [0.3, 0.4) is 0 Å². The quantitative estimate of drug-likeness (QED) is 0.800. The molecule has 1 N–H and O–H groups in total. The van der Waals surface area contributed by atoms with Gasteiger partial charge in [-0.2, -0.15) is 0 Å². The Labute approximate surface area is 89.3 Å². The van der Waals surface area contributed by atoms with Crippen LogP contribution in [0.5, 0.6) is 0 Å². The SMILES string of the molecule is CC1Cc2ccccc2N(CC(=O)O)C1. The molecular formula is C12H15NO2. The highest BCUT2D eigenvalue weighted by molar-refractivity contribution is 5.74. The third kappa shape index (κ3) is 2.12. The van der Waals surface area contributed by atoms with E-state index in [2.05, 4.69) is 13.0 Å². The molecule has 1 aliphatic rings. The van der Waals surface area contributed by atoms with Crippen molar-refractivity contribution in [3.8, 4) is 0 Å². The predicted octanol–water partition coefficient (Wildman–Crippen LogP) is 1.77. The predicted molar refractivity (Wildman–Crippen MR) is 59.2 cm³/mol. The van der Waals surface area contributed by atoms with E-state index in [9.17, 15) is 4.79 Å². The van der Waals surface area contributed by atoms with Gasteiger partial charge in [0.15, 0.2) is 0 Å². The summed E-state index contributed by atoms with van der Waals surface area (Å²) in [7, 11) is 0. The fraction of sp³-hybridized carbons (Fsp3) is 0.417. The number of anilines is 1. The van der Waals surface area contributed by atoms with Crippen LogP contribution in [-0.2, 0) is 11.2 Å². The topological polar surface area (TPSA) is 40.5 Å². The first-order chi connectivity index (χ1) is 7.16. The summed E-state index contributed by atoms with van der Waals surface area (Å²) in [5, 5.41) is 8.84. The molecule has 80 valence electrons. The molecule has 1 aliphatic heterocycles. The lowest BCUT2D eigenvalue weighted by Gasteiger charge is -2.33. The Morgan fingerprint density at radius 2 is 2.27 bits per heavy atom. The van der Waals surface area contributed by atoms with Crippen LogP contribution in [0.1, 0.15) is 12.5 Å². The van der Waals surface area contributed by atoms with Crippen LogP contribution in [0, 0.1) is 5.92 Å². The monoisotopic (exact) mass is 205 g/mol. The van der Waals surface area contributed by atoms with E-state index in [-0.39, 0.29) is 6.54 Å². The molecule has 1 aromatic carbocycles. The van der Waals surface area contributed by atoms with Gasteiger partial charge in [-0.15, -0.1) is 0 Å². The molecular weight excluding hydrogens is 190 g/mol. The van der Waals surface area contributed by atoms with Crippen LogP contribution >= 0.6 is 0 Å². The van der Waals surface area contributed by atoms with Crippen molar-refractivity contribution in [3.63, 3.8) is 0 Å². The minimum atomic E-state index is -0.765. The van der Waals surface area contributed by atoms with Crippen LogP contribution in [0.15, 0.2) is 24.3 Å². The van der Waals surface area contributed by atoms with E-state index in [0.29, 0.717) is 5.92 Å². The number of benzene rings is 1. The van der Waals surface area contributed by atoms with E-state index < -0.39 is 5.97 Å². The fourth-order valence-electron chi connectivity index (χ4n) is 2.22. The highest BCUT2D eigenvalue weighted by atomic mass is 16.4. The molecule has 15 heavy (non-hydrogen) atoms. The molecule has 1 heterocycles. The Balaban J connectivity index is 2.29. The van der Waals surface area contributed by atoms with E-state index in [0.717, 1.165) is 18.7 Å². The smallest absolute Gasteiger partial charge is 0.323 e. The van der Waals surface area contributed by atoms with E-state index >= 15 is 0 Å². The Kier molecular flexibility index (Phi) is 2.62. The summed E-state index contributed by atoms with van der Waals surface area (Å²) in [6, 6.07) is 8.06. The van der Waals surface area contributed by atoms with Crippen LogP contribution < -0.4 is 4.90 Å². The van der Waals surface area contributed by atoms with Gasteiger partial charge in [-0.1, -0.05) is 25.1 Å². The van der Waals surface area contributed by atoms with Crippen molar-refractivity contribution in [1.29, 1.82) is 0 Å². The van der Waals surface area contributed by atoms with Gasteiger partial charge < -0.3 is 10.0 Å². The molecule has 0 bridgehead atoms. The van der Waals surface area contributed by atoms with E-state index in [1.165, 1.54) is 5.56 Å². The zero-order valence-electron chi connectivity index (χ0n) is 8.81. The lowest BCUT2D eigenvalue weighted by atomic mass is 9.94. The van der Waals surface area contributed by atoms with Gasteiger partial charge in [0.1, 0.15) is 6.54 Å². The number of hydrogen-bond acceptors (Lipinski definition) is 2. The lowest BCUT2D eigenvalue weighted by Crippen LogP contribution is -2.37. The maximum absolute atomic E-state index is 10.7. The third-order valence-corrected chi connectivity index (χ3v) is 2.76. The fourth-order valence-corrected chi connectivity index (χ4v) is 2.22. The lowest BCUT2D eigenvalue weighted by molar-refractivity contribution is -0.135. The first-order valence-corrected chi connectivity index (χ1v) is 5.21. The molecule has 0 aromatic heterocycles. The molecule has 1 atom stereocenters. The highest BCUT2D eigenvalue weighted by Gasteiger charge is 2.22. The molecule has 0 aliphatic carbocycles. The van der Waals surface area contributed by atoms with Crippen molar-refractivity contribution in [1.82, 2.24) is 0 Å². The summed E-state index contributed by atoms with van der Waals surface area (Å²) in [6.45, 7) is 3.09. The molecule has 0 fully saturated rings. The van der Waals surface area contributed by atoms with Gasteiger partial charge >= 0.3 is 5.97 Å². The molecule has 0 spiro atoms. The Hall–Kier alpha value is -1.51. The molecule has 2 rings (SSSR count). The minimum absolute atomic E-state index is 0.0986. The average Bonchev–Trinajstić information content (AvgIpc) is 2.16. The third-order valence-electron chi connectivity index (χ3n) is 2.76. The normalized spacial score (nSPS) is 19.8. The van der Waals surface area contributed by atoms with Gasteiger partial charge in [0, 0.05) is 12.2 Å². The summed E-state index contributed by atoms with van der Waals surface area (Å²) in [4.78, 5) is 12.7. The number of rotatable bonds is 2. The van der Waals surface area contributed by atoms with Crippen LogP contribution in [0.2, 0.25) is 0 Å². The first-order valence-electron chi connectivity index (χ1n) is 5.21. The number of carboxylic acid groups (broad SMARTS) is 1. The molecule has 0 saturated carbocycles. The zero-order valence-corrected chi connectivity index (χ0v) is 8.81. The number of para-hydroxylation sites is 1. The summed E-state index contributed by atoms with van der Waals surface area (Å²) >= 11 is 0. The number of nitrogens with zero attached hydrogens (tertiary/aromatic N) is 1. The average molecular weight is 205 g/mol. The van der Waals surface area contributed by atoms with Crippen molar-refractivity contribution in [2.24, 2.45) is 5.92 Å². The molecule has 3 heteroatoms. The van der Waals surface area contributed by atoms with E-state index in [1.807, 2.05) is 23.1 Å². The largest absolute Gasteiger partial charge is 0.480 e. The molecule has 1 aromatic rings. The van der Waals surface area contributed by atoms with Gasteiger partial charge in [0.05, 0.1) is 0 Å². The zero-order chi connectivity index (χ0) is 10.8. The van der Waals surface area contributed by atoms with Crippen LogP contribution in [-0.4, -0.2) is 24.2 Å². The molecule has 0 saturated heterocycles. The first kappa shape index (κ1) is 10.0. The van der Waals surface area contributed by atoms with E-state index in [4.69, 9.17) is 5.11 Å². The summed E-state index contributed by atoms with van der Waals surface area (Å²) < 4.78 is 0. The van der Waals surface area contributed by atoms with Gasteiger partial charge in [-0.05, 0) is 24.0 Å². The number of fused-ring (bicyclic) bond motifs is 1. The van der Waals surface area contributed by atoms with Gasteiger partial charge in [-0.3, -0.25) is 4.79 Å². The summed E-state index contributed by atoms with van der Waals surface area (Å²) in [5.74, 6) is -0.238. The summed E-state index contributed by atoms with van der Waals surface area (Å²) in [6.07, 6.45) is 1.05. The Bertz CT molecular complexity index is 376. The van der Waals surface area contributed by atoms with Gasteiger partial charge in [-0.25, -0.2) is 0 Å². The number of aliphatic carboxylic acids is 1. The van der Waals surface area contributed by atoms with E-state index in [1.54, 1.807) is 0 Å². The molecule has 1 unspecified atom stereocenters. The highest BCUT2D eigenvalue weighted by Crippen LogP contribution is 2.28. The molecule has 0 amide bonds. The van der Waals surface area contributed by atoms with Gasteiger partial charge in [0.2, 0.25) is 0 Å². The maximum atomic E-state index is 10.7. The van der Waals surface area contributed by atoms with Crippen LogP contribution in [0.25, 0.3) is 0 Å². The van der Waals surface area contributed by atoms with Crippen molar-refractivity contribution in [2.45, 2.75) is 13.3 Å². The van der Waals surface area contributed by atoms with Crippen molar-refractivity contribution >= 4 is 11.7 Å². The number of carboxylic acids is 1. The molecule has 3 nitrogen and oxygen atoms in total. The number of hydrogen-bond donors (Lipinski definition) is 1. The molecule has 0 radical (unpaired) electrons. The second-order valence-electron chi connectivity index (χ2n) is 4.21. The Morgan fingerprint density at radius 1 is 1.53 bits per heavy atom. The van der Waals surface area contributed by atoms with Crippen molar-refractivity contribution in [3.05, 3.63) is 29.8 Å². The standard InChI is InChI=1S/C12H15NO2/c1-9-6-10-4-2-3-5-11(10)13(7-9)8-12(14)15/h2-5,9H,6-8H2,1H3,(H,14,15). The minimum Gasteiger partial charge on any atom is -0.480 e. The second kappa shape index (κ2) is 3.93.